The average Bonchev–Trinajstić information content (AvgIpc) is 2.73. The molecule has 0 radical (unpaired) electrons. The van der Waals surface area contributed by atoms with E-state index in [1.165, 1.54) is 18.2 Å². The van der Waals surface area contributed by atoms with Gasteiger partial charge in [0.15, 0.2) is 5.96 Å². The number of rotatable bonds is 9. The van der Waals surface area contributed by atoms with Gasteiger partial charge in [-0.15, -0.1) is 0 Å². The summed E-state index contributed by atoms with van der Waals surface area (Å²) in [6.07, 6.45) is 0.813. The first kappa shape index (κ1) is 22.2. The number of methoxy groups -OCH3 is 1. The van der Waals surface area contributed by atoms with Crippen molar-refractivity contribution in [1.29, 1.82) is 5.26 Å². The Morgan fingerprint density at radius 3 is 2.55 bits per heavy atom. The maximum atomic E-state index is 13.9. The van der Waals surface area contributed by atoms with Crippen LogP contribution in [0.5, 0.6) is 5.75 Å². The predicted molar refractivity (Wildman–Crippen MR) is 111 cm³/mol. The number of aliphatic imine (C=N–C) groups is 1. The van der Waals surface area contributed by atoms with Gasteiger partial charge < -0.3 is 20.1 Å². The lowest BCUT2D eigenvalue weighted by atomic mass is 10.1. The molecule has 0 heterocycles. The van der Waals surface area contributed by atoms with Crippen molar-refractivity contribution in [3.63, 3.8) is 0 Å². The first-order valence-electron chi connectivity index (χ1n) is 9.41. The highest BCUT2D eigenvalue weighted by Gasteiger charge is 2.08. The Labute approximate surface area is 171 Å². The zero-order valence-corrected chi connectivity index (χ0v) is 17.1. The quantitative estimate of drug-likeness (QED) is 0.385. The third-order valence-corrected chi connectivity index (χ3v) is 4.26. The van der Waals surface area contributed by atoms with Crippen LogP contribution < -0.4 is 15.4 Å². The molecule has 2 N–H and O–H groups in total. The highest BCUT2D eigenvalue weighted by Crippen LogP contribution is 2.20. The summed E-state index contributed by atoms with van der Waals surface area (Å²) in [4.78, 5) is 4.17. The molecule has 0 bridgehead atoms. The molecule has 0 spiro atoms. The van der Waals surface area contributed by atoms with Crippen molar-refractivity contribution in [3.8, 4) is 11.8 Å². The van der Waals surface area contributed by atoms with Crippen molar-refractivity contribution < 1.29 is 13.9 Å². The van der Waals surface area contributed by atoms with Crippen molar-refractivity contribution in [2.24, 2.45) is 4.99 Å². The number of aryl methyl sites for hydroxylation is 1. The summed E-state index contributed by atoms with van der Waals surface area (Å²) < 4.78 is 24.9. The van der Waals surface area contributed by atoms with Crippen LogP contribution in [0, 0.1) is 24.1 Å². The largest absolute Gasteiger partial charge is 0.493 e. The Kier molecular flexibility index (Phi) is 8.93. The molecule has 7 heteroatoms. The summed E-state index contributed by atoms with van der Waals surface area (Å²) >= 11 is 0. The molecule has 2 aromatic rings. The van der Waals surface area contributed by atoms with Crippen molar-refractivity contribution in [2.45, 2.75) is 26.4 Å². The minimum atomic E-state index is -0.364. The van der Waals surface area contributed by atoms with Crippen LogP contribution in [0.15, 0.2) is 41.4 Å². The van der Waals surface area contributed by atoms with Gasteiger partial charge in [-0.05, 0) is 36.8 Å². The second-order valence-electron chi connectivity index (χ2n) is 6.50. The van der Waals surface area contributed by atoms with Crippen molar-refractivity contribution in [2.75, 3.05) is 27.4 Å². The average molecular weight is 398 g/mol. The van der Waals surface area contributed by atoms with Gasteiger partial charge in [0, 0.05) is 51.4 Å². The fourth-order valence-corrected chi connectivity index (χ4v) is 2.69. The Hall–Kier alpha value is -3.11. The first-order valence-corrected chi connectivity index (χ1v) is 9.41. The van der Waals surface area contributed by atoms with E-state index in [2.05, 4.69) is 15.6 Å². The Morgan fingerprint density at radius 1 is 1.10 bits per heavy atom. The lowest BCUT2D eigenvalue weighted by molar-refractivity contribution is 0.171. The van der Waals surface area contributed by atoms with Gasteiger partial charge in [-0.2, -0.15) is 5.26 Å². The summed E-state index contributed by atoms with van der Waals surface area (Å²) in [6, 6.07) is 12.3. The normalized spacial score (nSPS) is 11.1. The smallest absolute Gasteiger partial charge is 0.191 e. The molecule has 0 unspecified atom stereocenters. The molecule has 154 valence electrons. The van der Waals surface area contributed by atoms with Crippen LogP contribution in [0.25, 0.3) is 0 Å². The third-order valence-electron chi connectivity index (χ3n) is 4.26. The summed E-state index contributed by atoms with van der Waals surface area (Å²) in [5, 5.41) is 15.3. The van der Waals surface area contributed by atoms with Gasteiger partial charge in [-0.3, -0.25) is 4.99 Å². The van der Waals surface area contributed by atoms with E-state index in [-0.39, 0.29) is 12.4 Å². The van der Waals surface area contributed by atoms with Gasteiger partial charge in [0.1, 0.15) is 11.6 Å². The molecule has 0 aliphatic carbocycles. The van der Waals surface area contributed by atoms with E-state index in [1.54, 1.807) is 14.2 Å². The zero-order valence-electron chi connectivity index (χ0n) is 17.1. The van der Waals surface area contributed by atoms with Crippen molar-refractivity contribution >= 4 is 5.96 Å². The fraction of sp³-hybridized carbons (Fsp3) is 0.364. The monoisotopic (exact) mass is 398 g/mol. The number of hydrogen-bond acceptors (Lipinski definition) is 4. The predicted octanol–water partition coefficient (Wildman–Crippen LogP) is 3.29. The number of hydrogen-bond donors (Lipinski definition) is 2. The lowest BCUT2D eigenvalue weighted by Crippen LogP contribution is -2.36. The van der Waals surface area contributed by atoms with Crippen LogP contribution in [-0.4, -0.2) is 33.3 Å². The first-order chi connectivity index (χ1) is 14.1. The van der Waals surface area contributed by atoms with E-state index < -0.39 is 0 Å². The van der Waals surface area contributed by atoms with Gasteiger partial charge in [0.2, 0.25) is 0 Å². The van der Waals surface area contributed by atoms with E-state index in [0.717, 1.165) is 23.3 Å². The van der Waals surface area contributed by atoms with E-state index in [0.29, 0.717) is 36.8 Å². The van der Waals surface area contributed by atoms with Gasteiger partial charge in [0.05, 0.1) is 18.2 Å². The molecule has 0 saturated heterocycles. The molecule has 0 fully saturated rings. The number of ether oxygens (including phenoxy) is 2. The molecule has 0 saturated carbocycles. The second kappa shape index (κ2) is 11.7. The van der Waals surface area contributed by atoms with Crippen molar-refractivity contribution in [1.82, 2.24) is 10.6 Å². The lowest BCUT2D eigenvalue weighted by Gasteiger charge is -2.16. The number of halogens is 1. The maximum absolute atomic E-state index is 13.9. The molecule has 0 aliphatic heterocycles. The molecule has 6 nitrogen and oxygen atoms in total. The van der Waals surface area contributed by atoms with Crippen LogP contribution in [0.1, 0.15) is 28.7 Å². The Bertz CT molecular complexity index is 878. The molecule has 0 aliphatic rings. The van der Waals surface area contributed by atoms with Crippen LogP contribution >= 0.6 is 0 Å². The van der Waals surface area contributed by atoms with Crippen LogP contribution in [0.2, 0.25) is 0 Å². The molecule has 0 aromatic heterocycles. The molecule has 0 atom stereocenters. The minimum Gasteiger partial charge on any atom is -0.493 e. The topological polar surface area (TPSA) is 78.7 Å². The number of nitriles is 1. The highest BCUT2D eigenvalue weighted by atomic mass is 19.1. The third kappa shape index (κ3) is 7.09. The number of benzene rings is 2. The summed E-state index contributed by atoms with van der Waals surface area (Å²) in [5.74, 6) is 0.978. The molecule has 0 amide bonds. The minimum absolute atomic E-state index is 0.218. The van der Waals surface area contributed by atoms with E-state index in [4.69, 9.17) is 14.7 Å². The fourth-order valence-electron chi connectivity index (χ4n) is 2.69. The number of nitrogens with one attached hydrogen (secondary N) is 2. The van der Waals surface area contributed by atoms with Crippen LogP contribution in [0.3, 0.4) is 0 Å². The second-order valence-corrected chi connectivity index (χ2v) is 6.50. The highest BCUT2D eigenvalue weighted by molar-refractivity contribution is 5.79. The Balaban J connectivity index is 1.96. The maximum Gasteiger partial charge on any atom is 0.191 e. The number of guanidine groups is 1. The van der Waals surface area contributed by atoms with Crippen molar-refractivity contribution in [3.05, 3.63) is 64.5 Å². The molecular weight excluding hydrogens is 371 g/mol. The van der Waals surface area contributed by atoms with Gasteiger partial charge in [0.25, 0.3) is 0 Å². The van der Waals surface area contributed by atoms with E-state index >= 15 is 0 Å². The molecule has 2 aromatic carbocycles. The van der Waals surface area contributed by atoms with Crippen LogP contribution in [-0.2, 0) is 17.8 Å². The Morgan fingerprint density at radius 2 is 1.86 bits per heavy atom. The number of nitrogens with zero attached hydrogens (tertiary/aromatic N) is 2. The summed E-state index contributed by atoms with van der Waals surface area (Å²) in [5.41, 5.74) is 2.94. The molecule has 29 heavy (non-hydrogen) atoms. The van der Waals surface area contributed by atoms with Crippen LogP contribution in [0.4, 0.5) is 4.39 Å². The standard InChI is InChI=1S/C22H27FN4O2/c1-16-5-7-18(21(11-16)29-10-4-9-28-3)14-26-22(25-2)27-15-19-12-17(13-24)6-8-20(19)23/h5-8,11-12H,4,9-10,14-15H2,1-3H3,(H2,25,26,27). The summed E-state index contributed by atoms with van der Waals surface area (Å²) in [6.45, 7) is 3.96. The van der Waals surface area contributed by atoms with Gasteiger partial charge in [-0.25, -0.2) is 4.39 Å². The SMILES string of the molecule is CN=C(NCc1cc(C#N)ccc1F)NCc1ccc(C)cc1OCCCOC. The molecular formula is C22H27FN4O2. The van der Waals surface area contributed by atoms with E-state index in [1.807, 2.05) is 31.2 Å². The van der Waals surface area contributed by atoms with Gasteiger partial charge in [-0.1, -0.05) is 12.1 Å². The zero-order chi connectivity index (χ0) is 21.1. The summed E-state index contributed by atoms with van der Waals surface area (Å²) in [7, 11) is 3.32. The molecule has 2 rings (SSSR count). The van der Waals surface area contributed by atoms with E-state index in [9.17, 15) is 4.39 Å². The van der Waals surface area contributed by atoms with Gasteiger partial charge >= 0.3 is 0 Å².